The average Bonchev–Trinajstić information content (AvgIpc) is 2.40. The number of nitrogens with one attached hydrogen (secondary N) is 1. The number of halogens is 4. The Morgan fingerprint density at radius 1 is 1.29 bits per heavy atom. The van der Waals surface area contributed by atoms with Crippen LogP contribution in [-0.4, -0.2) is 38.1 Å². The van der Waals surface area contributed by atoms with E-state index in [2.05, 4.69) is 5.32 Å². The molecular weight excluding hydrogens is 327 g/mol. The van der Waals surface area contributed by atoms with Gasteiger partial charge in [-0.1, -0.05) is 23.7 Å². The molecule has 0 radical (unpaired) electrons. The van der Waals surface area contributed by atoms with E-state index in [1.54, 1.807) is 19.2 Å². The third-order valence-electron chi connectivity index (χ3n) is 2.44. The second-order valence-corrected chi connectivity index (χ2v) is 5.61. The van der Waals surface area contributed by atoms with E-state index in [9.17, 15) is 13.2 Å². The minimum Gasteiger partial charge on any atom is -0.491 e. The van der Waals surface area contributed by atoms with Crippen molar-refractivity contribution < 1.29 is 22.6 Å². The number of methoxy groups -OCH3 is 1. The molecule has 0 aromatic heterocycles. The van der Waals surface area contributed by atoms with Gasteiger partial charge in [-0.15, -0.1) is 0 Å². The van der Waals surface area contributed by atoms with Gasteiger partial charge in [0.2, 0.25) is 0 Å². The van der Waals surface area contributed by atoms with Crippen LogP contribution < -0.4 is 10.1 Å². The molecule has 0 spiro atoms. The van der Waals surface area contributed by atoms with Crippen LogP contribution in [0.5, 0.6) is 5.75 Å². The van der Waals surface area contributed by atoms with E-state index >= 15 is 0 Å². The van der Waals surface area contributed by atoms with Gasteiger partial charge in [0.15, 0.2) is 0 Å². The van der Waals surface area contributed by atoms with Crippen molar-refractivity contribution in [2.45, 2.75) is 12.1 Å². The van der Waals surface area contributed by atoms with Crippen molar-refractivity contribution >= 4 is 23.4 Å². The fourth-order valence-electron chi connectivity index (χ4n) is 1.55. The molecule has 21 heavy (non-hydrogen) atoms. The van der Waals surface area contributed by atoms with Gasteiger partial charge < -0.3 is 14.8 Å². The number of benzene rings is 1. The van der Waals surface area contributed by atoms with Crippen molar-refractivity contribution in [3.8, 4) is 5.75 Å². The third kappa shape index (κ3) is 7.80. The first kappa shape index (κ1) is 18.4. The first-order valence-corrected chi connectivity index (χ1v) is 7.61. The first-order chi connectivity index (χ1) is 9.94. The number of ether oxygens (including phenoxy) is 2. The molecule has 0 saturated carbocycles. The predicted octanol–water partition coefficient (Wildman–Crippen LogP) is 3.71. The average molecular weight is 344 g/mol. The number of alkyl halides is 3. The highest BCUT2D eigenvalue weighted by Crippen LogP contribution is 2.31. The van der Waals surface area contributed by atoms with Gasteiger partial charge in [0.1, 0.15) is 5.75 Å². The van der Waals surface area contributed by atoms with E-state index in [1.807, 2.05) is 6.07 Å². The van der Waals surface area contributed by atoms with Crippen LogP contribution >= 0.6 is 23.4 Å². The van der Waals surface area contributed by atoms with Gasteiger partial charge in [0.25, 0.3) is 0 Å². The summed E-state index contributed by atoms with van der Waals surface area (Å²) in [6, 6.07) is 5.23. The molecule has 1 rings (SSSR count). The molecule has 1 N–H and O–H groups in total. The lowest BCUT2D eigenvalue weighted by molar-refractivity contribution is -0.0329. The van der Waals surface area contributed by atoms with Crippen molar-refractivity contribution in [3.63, 3.8) is 0 Å². The molecule has 0 unspecified atom stereocenters. The maximum Gasteiger partial charge on any atom is 0.441 e. The molecule has 0 fully saturated rings. The molecule has 3 nitrogen and oxygen atoms in total. The Morgan fingerprint density at radius 2 is 2.05 bits per heavy atom. The van der Waals surface area contributed by atoms with Crippen LogP contribution in [0, 0.1) is 0 Å². The van der Waals surface area contributed by atoms with Gasteiger partial charge in [-0.2, -0.15) is 13.2 Å². The van der Waals surface area contributed by atoms with Gasteiger partial charge in [0.05, 0.1) is 18.2 Å². The molecule has 0 atom stereocenters. The summed E-state index contributed by atoms with van der Waals surface area (Å²) < 4.78 is 46.4. The quantitative estimate of drug-likeness (QED) is 0.692. The Morgan fingerprint density at radius 3 is 2.71 bits per heavy atom. The predicted molar refractivity (Wildman–Crippen MR) is 79.0 cm³/mol. The van der Waals surface area contributed by atoms with Crippen LogP contribution in [0.25, 0.3) is 0 Å². The maximum absolute atomic E-state index is 12.0. The van der Waals surface area contributed by atoms with E-state index in [1.165, 1.54) is 0 Å². The minimum absolute atomic E-state index is 0.0566. The zero-order chi connectivity index (χ0) is 15.7. The summed E-state index contributed by atoms with van der Waals surface area (Å²) in [5.74, 6) is 0.248. The second kappa shape index (κ2) is 9.40. The standard InChI is InChI=1S/C13H17ClF3NO2S/c1-19-6-5-18-9-10-3-2-4-11(14)12(10)20-7-8-21-13(15,16)17/h2-4,18H,5-9H2,1H3. The topological polar surface area (TPSA) is 30.5 Å². The van der Waals surface area contributed by atoms with E-state index in [0.29, 0.717) is 30.5 Å². The molecule has 8 heteroatoms. The summed E-state index contributed by atoms with van der Waals surface area (Å²) >= 11 is 5.92. The maximum atomic E-state index is 12.0. The molecule has 0 aliphatic heterocycles. The molecule has 0 amide bonds. The normalized spacial score (nSPS) is 11.7. The van der Waals surface area contributed by atoms with E-state index in [-0.39, 0.29) is 24.1 Å². The molecule has 1 aromatic rings. The fraction of sp³-hybridized carbons (Fsp3) is 0.538. The highest BCUT2D eigenvalue weighted by Gasteiger charge is 2.27. The van der Waals surface area contributed by atoms with Crippen molar-refractivity contribution in [1.82, 2.24) is 5.32 Å². The molecule has 0 heterocycles. The zero-order valence-electron chi connectivity index (χ0n) is 11.5. The number of hydrogen-bond donors (Lipinski definition) is 1. The third-order valence-corrected chi connectivity index (χ3v) is 3.44. The van der Waals surface area contributed by atoms with Crippen LogP contribution in [0.15, 0.2) is 18.2 Å². The molecule has 0 bridgehead atoms. The SMILES string of the molecule is COCCNCc1cccc(Cl)c1OCCSC(F)(F)F. The molecule has 120 valence electrons. The molecule has 0 saturated heterocycles. The lowest BCUT2D eigenvalue weighted by atomic mass is 10.2. The van der Waals surface area contributed by atoms with E-state index in [0.717, 1.165) is 5.56 Å². The molecule has 0 aliphatic carbocycles. The monoisotopic (exact) mass is 343 g/mol. The number of thioether (sulfide) groups is 1. The van der Waals surface area contributed by atoms with Crippen molar-refractivity contribution in [2.24, 2.45) is 0 Å². The summed E-state index contributed by atoms with van der Waals surface area (Å²) in [5, 5.41) is 3.52. The first-order valence-electron chi connectivity index (χ1n) is 6.24. The number of para-hydroxylation sites is 1. The summed E-state index contributed by atoms with van der Waals surface area (Å²) in [4.78, 5) is 0. The summed E-state index contributed by atoms with van der Waals surface area (Å²) in [6.45, 7) is 1.68. The fourth-order valence-corrected chi connectivity index (χ4v) is 2.20. The van der Waals surface area contributed by atoms with E-state index in [4.69, 9.17) is 21.1 Å². The zero-order valence-corrected chi connectivity index (χ0v) is 13.1. The molecular formula is C13H17ClF3NO2S. The lowest BCUT2D eigenvalue weighted by Gasteiger charge is -2.14. The van der Waals surface area contributed by atoms with Crippen LogP contribution in [0.1, 0.15) is 5.56 Å². The van der Waals surface area contributed by atoms with Gasteiger partial charge in [0, 0.05) is 31.5 Å². The Labute approximate surface area is 131 Å². The summed E-state index contributed by atoms with van der Waals surface area (Å²) in [5.41, 5.74) is -3.44. The summed E-state index contributed by atoms with van der Waals surface area (Å²) in [6.07, 6.45) is 0. The smallest absolute Gasteiger partial charge is 0.441 e. The van der Waals surface area contributed by atoms with Gasteiger partial charge >= 0.3 is 5.51 Å². The summed E-state index contributed by atoms with van der Waals surface area (Å²) in [7, 11) is 1.61. The van der Waals surface area contributed by atoms with Gasteiger partial charge in [-0.05, 0) is 17.8 Å². The Kier molecular flexibility index (Phi) is 8.24. The minimum atomic E-state index is -4.24. The van der Waals surface area contributed by atoms with Crippen molar-refractivity contribution in [3.05, 3.63) is 28.8 Å². The highest BCUT2D eigenvalue weighted by molar-refractivity contribution is 8.00. The Balaban J connectivity index is 2.51. The van der Waals surface area contributed by atoms with Gasteiger partial charge in [-0.3, -0.25) is 0 Å². The largest absolute Gasteiger partial charge is 0.491 e. The van der Waals surface area contributed by atoms with Crippen LogP contribution in [-0.2, 0) is 11.3 Å². The Bertz CT molecular complexity index is 432. The Hall–Kier alpha value is -0.630. The molecule has 0 aliphatic rings. The van der Waals surface area contributed by atoms with Crippen molar-refractivity contribution in [2.75, 3.05) is 32.6 Å². The van der Waals surface area contributed by atoms with Crippen LogP contribution in [0.2, 0.25) is 5.02 Å². The van der Waals surface area contributed by atoms with E-state index < -0.39 is 5.51 Å². The number of rotatable bonds is 9. The van der Waals surface area contributed by atoms with Crippen molar-refractivity contribution in [1.29, 1.82) is 0 Å². The molecule has 1 aromatic carbocycles. The van der Waals surface area contributed by atoms with Crippen LogP contribution in [0.3, 0.4) is 0 Å². The highest BCUT2D eigenvalue weighted by atomic mass is 35.5. The lowest BCUT2D eigenvalue weighted by Crippen LogP contribution is -2.19. The second-order valence-electron chi connectivity index (χ2n) is 4.04. The van der Waals surface area contributed by atoms with Crippen LogP contribution in [0.4, 0.5) is 13.2 Å². The number of hydrogen-bond acceptors (Lipinski definition) is 4. The van der Waals surface area contributed by atoms with Gasteiger partial charge in [-0.25, -0.2) is 0 Å².